The first-order chi connectivity index (χ1) is 8.65. The molecule has 4 nitrogen and oxygen atoms in total. The second-order valence-electron chi connectivity index (χ2n) is 3.57. The summed E-state index contributed by atoms with van der Waals surface area (Å²) in [6.45, 7) is 0. The van der Waals surface area contributed by atoms with E-state index >= 15 is 0 Å². The lowest BCUT2D eigenvalue weighted by Crippen LogP contribution is -1.99. The van der Waals surface area contributed by atoms with Crippen molar-refractivity contribution in [1.82, 2.24) is 19.7 Å². The fourth-order valence-electron chi connectivity index (χ4n) is 1.62. The summed E-state index contributed by atoms with van der Waals surface area (Å²) in [5, 5.41) is 5.27. The minimum Gasteiger partial charge on any atom is -0.226 e. The Labute approximate surface area is 111 Å². The molecule has 2 aromatic heterocycles. The highest BCUT2D eigenvalue weighted by Gasteiger charge is 2.11. The first-order valence-electron chi connectivity index (χ1n) is 4.97. The number of halogens is 3. The molecule has 0 aliphatic carbocycles. The van der Waals surface area contributed by atoms with E-state index in [0.717, 1.165) is 0 Å². The van der Waals surface area contributed by atoms with Crippen molar-refractivity contribution in [3.05, 3.63) is 46.7 Å². The predicted molar refractivity (Wildman–Crippen MR) is 66.6 cm³/mol. The summed E-state index contributed by atoms with van der Waals surface area (Å²) in [5.41, 5.74) is 0.879. The normalized spacial score (nSPS) is 11.1. The highest BCUT2D eigenvalue weighted by molar-refractivity contribution is 6.32. The predicted octanol–water partition coefficient (Wildman–Crippen LogP) is 3.26. The molecule has 90 valence electrons. The van der Waals surface area contributed by atoms with Gasteiger partial charge in [-0.05, 0) is 23.7 Å². The van der Waals surface area contributed by atoms with E-state index in [1.807, 2.05) is 0 Å². The monoisotopic (exact) mass is 282 g/mol. The van der Waals surface area contributed by atoms with Crippen LogP contribution in [0.2, 0.25) is 10.3 Å². The van der Waals surface area contributed by atoms with Gasteiger partial charge in [-0.2, -0.15) is 10.1 Å². The minimum atomic E-state index is -0.404. The van der Waals surface area contributed by atoms with Crippen molar-refractivity contribution < 1.29 is 4.39 Å². The van der Waals surface area contributed by atoms with Gasteiger partial charge < -0.3 is 0 Å². The molecular weight excluding hydrogens is 278 g/mol. The zero-order chi connectivity index (χ0) is 12.7. The fourth-order valence-corrected chi connectivity index (χ4v) is 1.95. The molecule has 0 amide bonds. The second kappa shape index (κ2) is 4.19. The molecule has 0 spiro atoms. The summed E-state index contributed by atoms with van der Waals surface area (Å²) in [7, 11) is 0. The van der Waals surface area contributed by atoms with Gasteiger partial charge in [0.1, 0.15) is 5.82 Å². The molecule has 18 heavy (non-hydrogen) atoms. The molecule has 0 radical (unpaired) electrons. The van der Waals surface area contributed by atoms with Crippen molar-refractivity contribution in [3.8, 4) is 5.69 Å². The number of benzene rings is 1. The summed E-state index contributed by atoms with van der Waals surface area (Å²) in [6, 6.07) is 4.02. The Morgan fingerprint density at radius 1 is 1.17 bits per heavy atom. The SMILES string of the molecule is Fc1ccc(Cl)c(-n2ncc3cnc(Cl)nc32)c1. The molecule has 0 bridgehead atoms. The van der Waals surface area contributed by atoms with Crippen LogP contribution in [0.4, 0.5) is 4.39 Å². The fraction of sp³-hybridized carbons (Fsp3) is 0. The van der Waals surface area contributed by atoms with Crippen LogP contribution in [0.25, 0.3) is 16.7 Å². The number of aromatic nitrogens is 4. The van der Waals surface area contributed by atoms with Crippen molar-refractivity contribution in [3.63, 3.8) is 0 Å². The third-order valence-electron chi connectivity index (χ3n) is 2.42. The smallest absolute Gasteiger partial charge is 0.224 e. The van der Waals surface area contributed by atoms with Crippen LogP contribution in [-0.2, 0) is 0 Å². The van der Waals surface area contributed by atoms with E-state index in [9.17, 15) is 4.39 Å². The molecule has 2 heterocycles. The number of fused-ring (bicyclic) bond motifs is 1. The van der Waals surface area contributed by atoms with Crippen LogP contribution >= 0.6 is 23.2 Å². The molecule has 0 aliphatic rings. The number of nitrogens with zero attached hydrogens (tertiary/aromatic N) is 4. The van der Waals surface area contributed by atoms with Crippen LogP contribution in [0.1, 0.15) is 0 Å². The molecule has 7 heteroatoms. The molecule has 0 atom stereocenters. The molecule has 3 rings (SSSR count). The first kappa shape index (κ1) is 11.4. The van der Waals surface area contributed by atoms with Gasteiger partial charge in [-0.15, -0.1) is 0 Å². The largest absolute Gasteiger partial charge is 0.226 e. The average molecular weight is 283 g/mol. The van der Waals surface area contributed by atoms with Gasteiger partial charge in [-0.25, -0.2) is 14.1 Å². The van der Waals surface area contributed by atoms with Crippen LogP contribution in [0.15, 0.2) is 30.6 Å². The highest BCUT2D eigenvalue weighted by atomic mass is 35.5. The van der Waals surface area contributed by atoms with Crippen molar-refractivity contribution in [2.45, 2.75) is 0 Å². The van der Waals surface area contributed by atoms with Gasteiger partial charge in [0.05, 0.1) is 22.3 Å². The lowest BCUT2D eigenvalue weighted by atomic mass is 10.3. The molecule has 0 saturated carbocycles. The summed E-state index contributed by atoms with van der Waals surface area (Å²) in [4.78, 5) is 7.90. The van der Waals surface area contributed by atoms with E-state index in [-0.39, 0.29) is 5.28 Å². The third kappa shape index (κ3) is 1.81. The van der Waals surface area contributed by atoms with Gasteiger partial charge in [0.25, 0.3) is 0 Å². The summed E-state index contributed by atoms with van der Waals surface area (Å²) in [6.07, 6.45) is 3.11. The van der Waals surface area contributed by atoms with Crippen LogP contribution in [0, 0.1) is 5.82 Å². The minimum absolute atomic E-state index is 0.0942. The topological polar surface area (TPSA) is 43.6 Å². The number of rotatable bonds is 1. The Morgan fingerprint density at radius 2 is 2.00 bits per heavy atom. The molecular formula is C11H5Cl2FN4. The Balaban J connectivity index is 2.31. The van der Waals surface area contributed by atoms with Gasteiger partial charge in [0.15, 0.2) is 5.65 Å². The standard InChI is InChI=1S/C11H5Cl2FN4/c12-8-2-1-7(14)3-9(8)18-10-6(5-16-18)4-15-11(13)17-10/h1-5H. The molecule has 0 unspecified atom stereocenters. The highest BCUT2D eigenvalue weighted by Crippen LogP contribution is 2.24. The number of hydrogen-bond donors (Lipinski definition) is 0. The van der Waals surface area contributed by atoms with E-state index in [1.165, 1.54) is 22.9 Å². The lowest BCUT2D eigenvalue weighted by molar-refractivity contribution is 0.626. The number of hydrogen-bond acceptors (Lipinski definition) is 3. The van der Waals surface area contributed by atoms with E-state index in [0.29, 0.717) is 21.7 Å². The maximum absolute atomic E-state index is 13.3. The van der Waals surface area contributed by atoms with Crippen LogP contribution in [0.3, 0.4) is 0 Å². The Bertz CT molecular complexity index is 741. The van der Waals surface area contributed by atoms with Gasteiger partial charge in [-0.1, -0.05) is 11.6 Å². The van der Waals surface area contributed by atoms with Crippen molar-refractivity contribution >= 4 is 34.2 Å². The zero-order valence-corrected chi connectivity index (χ0v) is 10.3. The summed E-state index contributed by atoms with van der Waals surface area (Å²) >= 11 is 11.8. The quantitative estimate of drug-likeness (QED) is 0.644. The van der Waals surface area contributed by atoms with Crippen molar-refractivity contribution in [2.75, 3.05) is 0 Å². The van der Waals surface area contributed by atoms with Crippen molar-refractivity contribution in [1.29, 1.82) is 0 Å². The Morgan fingerprint density at radius 3 is 2.83 bits per heavy atom. The van der Waals surface area contributed by atoms with Gasteiger partial charge >= 0.3 is 0 Å². The molecule has 3 aromatic rings. The first-order valence-corrected chi connectivity index (χ1v) is 5.72. The summed E-state index contributed by atoms with van der Waals surface area (Å²) in [5.74, 6) is -0.404. The molecule has 0 aliphatic heterocycles. The van der Waals surface area contributed by atoms with Crippen LogP contribution in [-0.4, -0.2) is 19.7 Å². The maximum atomic E-state index is 13.3. The lowest BCUT2D eigenvalue weighted by Gasteiger charge is -2.05. The van der Waals surface area contributed by atoms with E-state index in [1.54, 1.807) is 12.4 Å². The average Bonchev–Trinajstić information content (AvgIpc) is 2.75. The second-order valence-corrected chi connectivity index (χ2v) is 4.32. The Kier molecular flexibility index (Phi) is 2.65. The van der Waals surface area contributed by atoms with Crippen molar-refractivity contribution in [2.24, 2.45) is 0 Å². The van der Waals surface area contributed by atoms with E-state index in [4.69, 9.17) is 23.2 Å². The van der Waals surface area contributed by atoms with Gasteiger partial charge in [0.2, 0.25) is 5.28 Å². The van der Waals surface area contributed by atoms with Gasteiger partial charge in [0, 0.05) is 12.3 Å². The summed E-state index contributed by atoms with van der Waals surface area (Å²) < 4.78 is 14.7. The van der Waals surface area contributed by atoms with E-state index < -0.39 is 5.82 Å². The Hall–Kier alpha value is -1.72. The zero-order valence-electron chi connectivity index (χ0n) is 8.81. The molecule has 0 saturated heterocycles. The molecule has 0 fully saturated rings. The molecule has 1 aromatic carbocycles. The van der Waals surface area contributed by atoms with Crippen LogP contribution < -0.4 is 0 Å². The van der Waals surface area contributed by atoms with Gasteiger partial charge in [-0.3, -0.25) is 0 Å². The molecule has 0 N–H and O–H groups in total. The maximum Gasteiger partial charge on any atom is 0.224 e. The van der Waals surface area contributed by atoms with E-state index in [2.05, 4.69) is 15.1 Å². The van der Waals surface area contributed by atoms with Crippen LogP contribution in [0.5, 0.6) is 0 Å². The third-order valence-corrected chi connectivity index (χ3v) is 2.92.